The molecule has 1 aromatic rings. The van der Waals surface area contributed by atoms with Gasteiger partial charge >= 0.3 is 0 Å². The molecule has 1 heterocycles. The van der Waals surface area contributed by atoms with Crippen molar-refractivity contribution in [1.82, 2.24) is 0 Å². The molecule has 0 unspecified atom stereocenters. The average molecular weight is 182 g/mol. The highest BCUT2D eigenvalue weighted by Gasteiger charge is 2.24. The fraction of sp³-hybridized carbons (Fsp3) is 0.400. The second-order valence-corrected chi connectivity index (χ2v) is 3.21. The van der Waals surface area contributed by atoms with Gasteiger partial charge in [-0.05, 0) is 24.1 Å². The van der Waals surface area contributed by atoms with Gasteiger partial charge in [0, 0.05) is 6.42 Å². The Morgan fingerprint density at radius 1 is 1.23 bits per heavy atom. The van der Waals surface area contributed by atoms with Crippen molar-refractivity contribution in [2.45, 2.75) is 25.2 Å². The van der Waals surface area contributed by atoms with Gasteiger partial charge in [-0.2, -0.15) is 0 Å². The van der Waals surface area contributed by atoms with Gasteiger partial charge in [-0.15, -0.1) is 0 Å². The number of hydrogen-bond acceptors (Lipinski definition) is 2. The number of aliphatic hydroxyl groups excluding tert-OH is 1. The number of ether oxygens (including phenoxy) is 1. The Kier molecular flexibility index (Phi) is 2.29. The zero-order chi connectivity index (χ0) is 9.26. The molecule has 0 radical (unpaired) electrons. The summed E-state index contributed by atoms with van der Waals surface area (Å²) in [6.45, 7) is 0. The molecular formula is C10H11FO2. The molecule has 2 rings (SSSR count). The van der Waals surface area contributed by atoms with Gasteiger partial charge in [-0.1, -0.05) is 12.1 Å². The Morgan fingerprint density at radius 3 is 2.46 bits per heavy atom. The molecule has 1 fully saturated rings. The lowest BCUT2D eigenvalue weighted by Crippen LogP contribution is -2.03. The average Bonchev–Trinajstić information content (AvgIpc) is 2.53. The Hall–Kier alpha value is -0.930. The Bertz CT molecular complexity index is 283. The van der Waals surface area contributed by atoms with Crippen LogP contribution in [0.15, 0.2) is 24.3 Å². The molecule has 1 aromatic carbocycles. The molecule has 3 heteroatoms. The maximum absolute atomic E-state index is 12.6. The SMILES string of the molecule is O[C@H]1CC[C@H](c2ccc(F)cc2)O1. The third-order valence-corrected chi connectivity index (χ3v) is 2.24. The lowest BCUT2D eigenvalue weighted by atomic mass is 10.1. The zero-order valence-corrected chi connectivity index (χ0v) is 7.11. The van der Waals surface area contributed by atoms with E-state index in [1.807, 2.05) is 0 Å². The number of benzene rings is 1. The molecule has 2 atom stereocenters. The number of rotatable bonds is 1. The second kappa shape index (κ2) is 3.44. The first-order chi connectivity index (χ1) is 6.25. The maximum atomic E-state index is 12.6. The van der Waals surface area contributed by atoms with Crippen LogP contribution in [-0.2, 0) is 4.74 Å². The lowest BCUT2D eigenvalue weighted by molar-refractivity contribution is -0.0914. The summed E-state index contributed by atoms with van der Waals surface area (Å²) in [4.78, 5) is 0. The van der Waals surface area contributed by atoms with E-state index in [4.69, 9.17) is 9.84 Å². The van der Waals surface area contributed by atoms with Crippen LogP contribution in [0.1, 0.15) is 24.5 Å². The first kappa shape index (κ1) is 8.66. The summed E-state index contributed by atoms with van der Waals surface area (Å²) in [5.41, 5.74) is 0.929. The van der Waals surface area contributed by atoms with Crippen LogP contribution in [0.4, 0.5) is 4.39 Å². The standard InChI is InChI=1S/C10H11FO2/c11-8-3-1-7(2-4-8)9-5-6-10(12)13-9/h1-4,9-10,12H,5-6H2/t9-,10-/m1/s1. The molecule has 0 bridgehead atoms. The van der Waals surface area contributed by atoms with Crippen LogP contribution < -0.4 is 0 Å². The number of hydrogen-bond donors (Lipinski definition) is 1. The van der Waals surface area contributed by atoms with Gasteiger partial charge in [0.05, 0.1) is 6.10 Å². The summed E-state index contributed by atoms with van der Waals surface area (Å²) >= 11 is 0. The topological polar surface area (TPSA) is 29.5 Å². The van der Waals surface area contributed by atoms with Crippen molar-refractivity contribution in [3.05, 3.63) is 35.6 Å². The van der Waals surface area contributed by atoms with Crippen LogP contribution >= 0.6 is 0 Å². The predicted octanol–water partition coefficient (Wildman–Crippen LogP) is 2.00. The molecule has 0 aromatic heterocycles. The van der Waals surface area contributed by atoms with Gasteiger partial charge < -0.3 is 9.84 Å². The largest absolute Gasteiger partial charge is 0.368 e. The minimum absolute atomic E-state index is 0.0735. The van der Waals surface area contributed by atoms with E-state index in [0.717, 1.165) is 12.0 Å². The van der Waals surface area contributed by atoms with Crippen LogP contribution in [0.2, 0.25) is 0 Å². The van der Waals surface area contributed by atoms with E-state index < -0.39 is 6.29 Å². The summed E-state index contributed by atoms with van der Waals surface area (Å²) in [5, 5.41) is 9.12. The van der Waals surface area contributed by atoms with E-state index >= 15 is 0 Å². The molecule has 1 aliphatic heterocycles. The van der Waals surface area contributed by atoms with Gasteiger partial charge in [-0.3, -0.25) is 0 Å². The first-order valence-corrected chi connectivity index (χ1v) is 4.35. The number of halogens is 1. The minimum Gasteiger partial charge on any atom is -0.368 e. The van der Waals surface area contributed by atoms with Crippen molar-refractivity contribution in [2.24, 2.45) is 0 Å². The molecule has 1 saturated heterocycles. The van der Waals surface area contributed by atoms with Gasteiger partial charge in [0.1, 0.15) is 5.82 Å². The molecule has 1 N–H and O–H groups in total. The summed E-state index contributed by atoms with van der Waals surface area (Å²) in [6, 6.07) is 6.20. The van der Waals surface area contributed by atoms with Crippen LogP contribution in [0, 0.1) is 5.82 Å². The third-order valence-electron chi connectivity index (χ3n) is 2.24. The highest BCUT2D eigenvalue weighted by atomic mass is 19.1. The molecule has 0 aliphatic carbocycles. The van der Waals surface area contributed by atoms with E-state index in [-0.39, 0.29) is 11.9 Å². The summed E-state index contributed by atoms with van der Waals surface area (Å²) in [7, 11) is 0. The second-order valence-electron chi connectivity index (χ2n) is 3.21. The first-order valence-electron chi connectivity index (χ1n) is 4.35. The van der Waals surface area contributed by atoms with Crippen molar-refractivity contribution in [3.8, 4) is 0 Å². The van der Waals surface area contributed by atoms with E-state index in [1.54, 1.807) is 12.1 Å². The van der Waals surface area contributed by atoms with E-state index in [1.165, 1.54) is 12.1 Å². The molecule has 0 amide bonds. The normalized spacial score (nSPS) is 27.8. The van der Waals surface area contributed by atoms with Gasteiger partial charge in [-0.25, -0.2) is 4.39 Å². The van der Waals surface area contributed by atoms with Crippen molar-refractivity contribution in [3.63, 3.8) is 0 Å². The van der Waals surface area contributed by atoms with Crippen LogP contribution in [-0.4, -0.2) is 11.4 Å². The minimum atomic E-state index is -0.657. The Labute approximate surface area is 76.0 Å². The van der Waals surface area contributed by atoms with Crippen LogP contribution in [0.3, 0.4) is 0 Å². The zero-order valence-electron chi connectivity index (χ0n) is 7.11. The van der Waals surface area contributed by atoms with Crippen molar-refractivity contribution < 1.29 is 14.2 Å². The van der Waals surface area contributed by atoms with Crippen molar-refractivity contribution >= 4 is 0 Å². The van der Waals surface area contributed by atoms with Crippen molar-refractivity contribution in [2.75, 3.05) is 0 Å². The highest BCUT2D eigenvalue weighted by Crippen LogP contribution is 2.31. The maximum Gasteiger partial charge on any atom is 0.155 e. The monoisotopic (exact) mass is 182 g/mol. The van der Waals surface area contributed by atoms with E-state index in [0.29, 0.717) is 6.42 Å². The summed E-state index contributed by atoms with van der Waals surface area (Å²) in [5.74, 6) is -0.248. The molecule has 13 heavy (non-hydrogen) atoms. The highest BCUT2D eigenvalue weighted by molar-refractivity contribution is 5.19. The molecule has 0 spiro atoms. The Morgan fingerprint density at radius 2 is 1.92 bits per heavy atom. The molecule has 0 saturated carbocycles. The molecule has 1 aliphatic rings. The molecule has 70 valence electrons. The van der Waals surface area contributed by atoms with Gasteiger partial charge in [0.25, 0.3) is 0 Å². The van der Waals surface area contributed by atoms with Crippen LogP contribution in [0.5, 0.6) is 0 Å². The molecule has 2 nitrogen and oxygen atoms in total. The third kappa shape index (κ3) is 1.87. The van der Waals surface area contributed by atoms with Gasteiger partial charge in [0.15, 0.2) is 6.29 Å². The van der Waals surface area contributed by atoms with E-state index in [9.17, 15) is 4.39 Å². The van der Waals surface area contributed by atoms with E-state index in [2.05, 4.69) is 0 Å². The fourth-order valence-corrected chi connectivity index (χ4v) is 1.54. The van der Waals surface area contributed by atoms with Gasteiger partial charge in [0.2, 0.25) is 0 Å². The Balaban J connectivity index is 2.13. The fourth-order valence-electron chi connectivity index (χ4n) is 1.54. The summed E-state index contributed by atoms with van der Waals surface area (Å²) in [6.07, 6.45) is 0.722. The molecular weight excluding hydrogens is 171 g/mol. The van der Waals surface area contributed by atoms with Crippen molar-refractivity contribution in [1.29, 1.82) is 0 Å². The quantitative estimate of drug-likeness (QED) is 0.719. The number of aliphatic hydroxyl groups is 1. The predicted molar refractivity (Wildman–Crippen MR) is 45.5 cm³/mol. The lowest BCUT2D eigenvalue weighted by Gasteiger charge is -2.10. The smallest absolute Gasteiger partial charge is 0.155 e. The summed E-state index contributed by atoms with van der Waals surface area (Å²) < 4.78 is 17.8. The van der Waals surface area contributed by atoms with Crippen LogP contribution in [0.25, 0.3) is 0 Å².